The highest BCUT2D eigenvalue weighted by atomic mass is 16.2. The monoisotopic (exact) mass is 265 g/mol. The average Bonchev–Trinajstić information content (AvgIpc) is 2.44. The number of piperidine rings is 1. The van der Waals surface area contributed by atoms with Gasteiger partial charge in [0.25, 0.3) is 0 Å². The third-order valence-electron chi connectivity index (χ3n) is 3.67. The lowest BCUT2D eigenvalue weighted by Gasteiger charge is -2.33. The molecule has 0 aromatic heterocycles. The van der Waals surface area contributed by atoms with Crippen LogP contribution in [0.2, 0.25) is 0 Å². The van der Waals surface area contributed by atoms with Crippen LogP contribution in [0.4, 0.5) is 0 Å². The van der Waals surface area contributed by atoms with E-state index >= 15 is 0 Å². The van der Waals surface area contributed by atoms with Gasteiger partial charge in [0.05, 0.1) is 12.6 Å². The van der Waals surface area contributed by atoms with Crippen LogP contribution in [0.25, 0.3) is 0 Å². The van der Waals surface area contributed by atoms with Crippen molar-refractivity contribution in [2.75, 3.05) is 26.2 Å². The van der Waals surface area contributed by atoms with Gasteiger partial charge in [0.15, 0.2) is 0 Å². The van der Waals surface area contributed by atoms with Gasteiger partial charge < -0.3 is 10.6 Å². The predicted octanol–water partition coefficient (Wildman–Crippen LogP) is 0.978. The zero-order valence-corrected chi connectivity index (χ0v) is 12.2. The topological polar surface area (TPSA) is 44.4 Å². The van der Waals surface area contributed by atoms with E-state index in [0.717, 1.165) is 26.1 Å². The Labute approximate surface area is 117 Å². The van der Waals surface area contributed by atoms with Crippen LogP contribution in [-0.2, 0) is 4.79 Å². The first-order valence-electron chi connectivity index (χ1n) is 7.37. The molecule has 2 unspecified atom stereocenters. The van der Waals surface area contributed by atoms with E-state index in [1.807, 2.05) is 6.92 Å². The van der Waals surface area contributed by atoms with E-state index in [9.17, 15) is 4.79 Å². The molecule has 2 N–H and O–H groups in total. The van der Waals surface area contributed by atoms with Crippen LogP contribution < -0.4 is 10.6 Å². The van der Waals surface area contributed by atoms with Crippen molar-refractivity contribution in [3.05, 3.63) is 0 Å². The van der Waals surface area contributed by atoms with Crippen LogP contribution >= 0.6 is 0 Å². The van der Waals surface area contributed by atoms with E-state index in [1.165, 1.54) is 19.3 Å². The van der Waals surface area contributed by atoms with E-state index < -0.39 is 0 Å². The second-order valence-corrected chi connectivity index (χ2v) is 5.24. The summed E-state index contributed by atoms with van der Waals surface area (Å²) >= 11 is 0. The van der Waals surface area contributed by atoms with E-state index in [1.54, 1.807) is 0 Å². The second kappa shape index (κ2) is 8.95. The van der Waals surface area contributed by atoms with Crippen LogP contribution in [0.5, 0.6) is 0 Å². The lowest BCUT2D eigenvalue weighted by Crippen LogP contribution is -2.51. The summed E-state index contributed by atoms with van der Waals surface area (Å²) in [4.78, 5) is 14.2. The van der Waals surface area contributed by atoms with E-state index in [-0.39, 0.29) is 11.9 Å². The van der Waals surface area contributed by atoms with Gasteiger partial charge in [-0.25, -0.2) is 0 Å². The van der Waals surface area contributed by atoms with Crippen molar-refractivity contribution < 1.29 is 4.79 Å². The molecule has 4 heteroatoms. The van der Waals surface area contributed by atoms with Crippen molar-refractivity contribution in [3.8, 4) is 12.3 Å². The first-order valence-corrected chi connectivity index (χ1v) is 7.37. The molecule has 0 spiro atoms. The molecule has 0 saturated carbocycles. The highest BCUT2D eigenvalue weighted by Crippen LogP contribution is 2.11. The molecular formula is C15H27N3O. The largest absolute Gasteiger partial charge is 0.344 e. The average molecular weight is 265 g/mol. The Kier molecular flexibility index (Phi) is 7.54. The second-order valence-electron chi connectivity index (χ2n) is 5.24. The summed E-state index contributed by atoms with van der Waals surface area (Å²) in [5.41, 5.74) is 0. The van der Waals surface area contributed by atoms with Gasteiger partial charge in [0, 0.05) is 12.6 Å². The molecular weight excluding hydrogens is 238 g/mol. The van der Waals surface area contributed by atoms with Crippen molar-refractivity contribution >= 4 is 5.91 Å². The van der Waals surface area contributed by atoms with Crippen molar-refractivity contribution in [2.24, 2.45) is 0 Å². The van der Waals surface area contributed by atoms with Crippen LogP contribution in [0, 0.1) is 12.3 Å². The fraction of sp³-hybridized carbons (Fsp3) is 0.800. The molecule has 1 aliphatic heterocycles. The van der Waals surface area contributed by atoms with E-state index in [0.29, 0.717) is 12.6 Å². The van der Waals surface area contributed by atoms with Crippen LogP contribution in [-0.4, -0.2) is 49.1 Å². The SMILES string of the molecule is C#CCNC(=O)C(C)N(CCC)CC1CCCCN1. The number of nitrogens with one attached hydrogen (secondary N) is 2. The number of rotatable bonds is 7. The van der Waals surface area contributed by atoms with Gasteiger partial charge >= 0.3 is 0 Å². The first-order chi connectivity index (χ1) is 9.19. The molecule has 19 heavy (non-hydrogen) atoms. The van der Waals surface area contributed by atoms with Gasteiger partial charge in [-0.05, 0) is 39.3 Å². The molecule has 0 aromatic carbocycles. The summed E-state index contributed by atoms with van der Waals surface area (Å²) in [6.45, 7) is 7.41. The summed E-state index contributed by atoms with van der Waals surface area (Å²) in [5.74, 6) is 2.47. The number of carbonyl (C=O) groups excluding carboxylic acids is 1. The minimum Gasteiger partial charge on any atom is -0.344 e. The van der Waals surface area contributed by atoms with Crippen molar-refractivity contribution in [2.45, 2.75) is 51.6 Å². The molecule has 4 nitrogen and oxygen atoms in total. The Morgan fingerprint density at radius 3 is 2.95 bits per heavy atom. The normalized spacial score (nSPS) is 20.8. The molecule has 0 aliphatic carbocycles. The molecule has 1 saturated heterocycles. The summed E-state index contributed by atoms with van der Waals surface area (Å²) in [6, 6.07) is 0.403. The minimum atomic E-state index is -0.114. The first kappa shape index (κ1) is 16.0. The molecule has 0 radical (unpaired) electrons. The molecule has 1 heterocycles. The standard InChI is InChI=1S/C15H27N3O/c1-4-9-17-15(19)13(3)18(11-5-2)12-14-8-6-7-10-16-14/h1,13-14,16H,5-12H2,2-3H3,(H,17,19). The number of hydrogen-bond acceptors (Lipinski definition) is 3. The van der Waals surface area contributed by atoms with Gasteiger partial charge in [-0.3, -0.25) is 9.69 Å². The van der Waals surface area contributed by atoms with Crippen molar-refractivity contribution in [1.29, 1.82) is 0 Å². The maximum absolute atomic E-state index is 12.0. The zero-order valence-electron chi connectivity index (χ0n) is 12.2. The number of nitrogens with zero attached hydrogens (tertiary/aromatic N) is 1. The van der Waals surface area contributed by atoms with Crippen LogP contribution in [0.1, 0.15) is 39.5 Å². The van der Waals surface area contributed by atoms with E-state index in [4.69, 9.17) is 6.42 Å². The summed E-state index contributed by atoms with van der Waals surface area (Å²) in [7, 11) is 0. The van der Waals surface area contributed by atoms with Gasteiger partial charge in [-0.2, -0.15) is 0 Å². The summed E-state index contributed by atoms with van der Waals surface area (Å²) < 4.78 is 0. The van der Waals surface area contributed by atoms with Gasteiger partial charge in [0.2, 0.25) is 5.91 Å². The van der Waals surface area contributed by atoms with Crippen molar-refractivity contribution in [3.63, 3.8) is 0 Å². The third kappa shape index (κ3) is 5.63. The third-order valence-corrected chi connectivity index (χ3v) is 3.67. The van der Waals surface area contributed by atoms with Crippen LogP contribution in [0.3, 0.4) is 0 Å². The number of hydrogen-bond donors (Lipinski definition) is 2. The maximum atomic E-state index is 12.0. The van der Waals surface area contributed by atoms with Gasteiger partial charge in [-0.1, -0.05) is 19.3 Å². The highest BCUT2D eigenvalue weighted by Gasteiger charge is 2.23. The lowest BCUT2D eigenvalue weighted by atomic mass is 10.0. The van der Waals surface area contributed by atoms with Crippen LogP contribution in [0.15, 0.2) is 0 Å². The number of terminal acetylenes is 1. The molecule has 108 valence electrons. The fourth-order valence-corrected chi connectivity index (χ4v) is 2.54. The predicted molar refractivity (Wildman–Crippen MR) is 78.8 cm³/mol. The van der Waals surface area contributed by atoms with Gasteiger partial charge in [0.1, 0.15) is 0 Å². The Bertz CT molecular complexity index is 305. The summed E-state index contributed by atoms with van der Waals surface area (Å²) in [6.07, 6.45) is 9.99. The van der Waals surface area contributed by atoms with Gasteiger partial charge in [-0.15, -0.1) is 6.42 Å². The lowest BCUT2D eigenvalue weighted by molar-refractivity contribution is -0.125. The number of amides is 1. The molecule has 1 fully saturated rings. The maximum Gasteiger partial charge on any atom is 0.237 e. The Balaban J connectivity index is 2.49. The molecule has 0 bridgehead atoms. The fourth-order valence-electron chi connectivity index (χ4n) is 2.54. The molecule has 1 aliphatic rings. The highest BCUT2D eigenvalue weighted by molar-refractivity contribution is 5.81. The smallest absolute Gasteiger partial charge is 0.237 e. The Morgan fingerprint density at radius 1 is 1.58 bits per heavy atom. The molecule has 0 aromatic rings. The molecule has 1 rings (SSSR count). The molecule has 2 atom stereocenters. The Morgan fingerprint density at radius 2 is 2.37 bits per heavy atom. The number of carbonyl (C=O) groups is 1. The summed E-state index contributed by atoms with van der Waals surface area (Å²) in [5, 5.41) is 6.31. The van der Waals surface area contributed by atoms with Crippen molar-refractivity contribution in [1.82, 2.24) is 15.5 Å². The minimum absolute atomic E-state index is 0.0298. The zero-order chi connectivity index (χ0) is 14.1. The molecule has 1 amide bonds. The Hall–Kier alpha value is -1.05. The quantitative estimate of drug-likeness (QED) is 0.675. The van der Waals surface area contributed by atoms with E-state index in [2.05, 4.69) is 28.4 Å².